The van der Waals surface area contributed by atoms with Crippen LogP contribution in [0.2, 0.25) is 0 Å². The Morgan fingerprint density at radius 3 is 2.48 bits per heavy atom. The summed E-state index contributed by atoms with van der Waals surface area (Å²) < 4.78 is 88.3. The van der Waals surface area contributed by atoms with Crippen LogP contribution in [0.1, 0.15) is 63.4 Å². The number of carbonyl (C=O) groups is 1. The van der Waals surface area contributed by atoms with Gasteiger partial charge in [-0.3, -0.25) is 9.20 Å². The largest absolute Gasteiger partial charge is 0.481 e. The summed E-state index contributed by atoms with van der Waals surface area (Å²) in [5.41, 5.74) is 0.0335. The lowest BCUT2D eigenvalue weighted by Gasteiger charge is -2.38. The van der Waals surface area contributed by atoms with Crippen LogP contribution in [-0.2, 0) is 25.7 Å². The number of hydrogen-bond donors (Lipinski definition) is 2. The van der Waals surface area contributed by atoms with Crippen molar-refractivity contribution in [1.82, 2.24) is 23.9 Å². The summed E-state index contributed by atoms with van der Waals surface area (Å²) in [6.07, 6.45) is 0.608. The highest BCUT2D eigenvalue weighted by molar-refractivity contribution is 7.89. The number of aliphatic hydroxyl groups is 1. The molecule has 1 atom stereocenters. The Hall–Kier alpha value is -4.32. The van der Waals surface area contributed by atoms with Gasteiger partial charge in [0.15, 0.2) is 5.65 Å². The first-order chi connectivity index (χ1) is 24.3. The molecule has 17 heteroatoms. The van der Waals surface area contributed by atoms with Crippen molar-refractivity contribution in [3.05, 3.63) is 76.8 Å². The van der Waals surface area contributed by atoms with Crippen LogP contribution in [0.15, 0.2) is 64.7 Å². The van der Waals surface area contributed by atoms with Gasteiger partial charge in [0.05, 0.1) is 31.8 Å². The Morgan fingerprint density at radius 2 is 1.85 bits per heavy atom. The van der Waals surface area contributed by atoms with E-state index in [1.54, 1.807) is 32.9 Å². The quantitative estimate of drug-likeness (QED) is 0.251. The average Bonchev–Trinajstić information content (AvgIpc) is 3.50. The highest BCUT2D eigenvalue weighted by Gasteiger charge is 2.46. The molecule has 5 heterocycles. The molecule has 3 aromatic rings. The van der Waals surface area contributed by atoms with Crippen molar-refractivity contribution >= 4 is 21.6 Å². The van der Waals surface area contributed by atoms with Gasteiger partial charge in [0, 0.05) is 37.6 Å². The lowest BCUT2D eigenvalue weighted by Crippen LogP contribution is -2.51. The molecule has 52 heavy (non-hydrogen) atoms. The van der Waals surface area contributed by atoms with Crippen molar-refractivity contribution in [1.29, 1.82) is 0 Å². The minimum absolute atomic E-state index is 0.00655. The normalized spacial score (nSPS) is 18.8. The first-order valence-corrected chi connectivity index (χ1v) is 18.0. The smallest absolute Gasteiger partial charge is 0.452 e. The number of pyridine rings is 2. The van der Waals surface area contributed by atoms with E-state index in [0.29, 0.717) is 53.9 Å². The van der Waals surface area contributed by atoms with Crippen molar-refractivity contribution < 1.29 is 50.8 Å². The summed E-state index contributed by atoms with van der Waals surface area (Å²) in [5, 5.41) is 26.4. The molecule has 282 valence electrons. The number of aryl methyl sites for hydroxylation is 1. The minimum Gasteiger partial charge on any atom is -0.481 e. The van der Waals surface area contributed by atoms with E-state index in [9.17, 15) is 31.5 Å². The van der Waals surface area contributed by atoms with E-state index in [4.69, 9.17) is 19.3 Å². The van der Waals surface area contributed by atoms with Crippen LogP contribution in [0, 0.1) is 12.3 Å². The number of allylic oxidation sites excluding steroid dienone is 4. The second-order valence-corrected chi connectivity index (χ2v) is 15.5. The van der Waals surface area contributed by atoms with E-state index >= 15 is 0 Å². The van der Waals surface area contributed by atoms with Gasteiger partial charge >= 0.3 is 12.1 Å². The number of carboxylic acid groups (broad SMARTS) is 1. The van der Waals surface area contributed by atoms with Gasteiger partial charge in [0.1, 0.15) is 17.1 Å². The SMILES string of the molecule is C=C(/C=C\C(C)=C(/C)CN1CC2(CCOCC2)Oc2nc(OCCO)ccc2S1(=O)=O)[C@@H](c1ccn2c(C(F)(F)F)nnc2c1C)C(C)(C)C(=O)O. The molecule has 2 aliphatic rings. The highest BCUT2D eigenvalue weighted by atomic mass is 32.2. The van der Waals surface area contributed by atoms with E-state index in [0.717, 1.165) is 4.40 Å². The molecule has 1 fully saturated rings. The van der Waals surface area contributed by atoms with Crippen molar-refractivity contribution in [2.75, 3.05) is 39.5 Å². The number of ether oxygens (including phenoxy) is 3. The third-order valence-corrected chi connectivity index (χ3v) is 11.5. The summed E-state index contributed by atoms with van der Waals surface area (Å²) >= 11 is 0. The van der Waals surface area contributed by atoms with Crippen molar-refractivity contribution in [3.8, 4) is 11.8 Å². The molecule has 1 spiro atoms. The van der Waals surface area contributed by atoms with Crippen LogP contribution in [0.25, 0.3) is 5.65 Å². The molecule has 0 aliphatic carbocycles. The molecule has 5 rings (SSSR count). The molecule has 13 nitrogen and oxygen atoms in total. The third-order valence-electron chi connectivity index (χ3n) is 9.65. The number of carboxylic acids is 1. The van der Waals surface area contributed by atoms with Crippen molar-refractivity contribution in [3.63, 3.8) is 0 Å². The summed E-state index contributed by atoms with van der Waals surface area (Å²) in [5.74, 6) is -3.21. The molecule has 0 amide bonds. The minimum atomic E-state index is -4.74. The molecular formula is C35H42F3N5O8S. The molecule has 3 aromatic heterocycles. The molecule has 0 aromatic carbocycles. The number of nitrogens with zero attached hydrogens (tertiary/aromatic N) is 5. The zero-order chi connectivity index (χ0) is 38.2. The second-order valence-electron chi connectivity index (χ2n) is 13.6. The number of aromatic nitrogens is 4. The molecule has 0 radical (unpaired) electrons. The molecule has 0 saturated carbocycles. The number of fused-ring (bicyclic) bond motifs is 2. The zero-order valence-corrected chi connectivity index (χ0v) is 30.3. The maximum atomic E-state index is 14.1. The summed E-state index contributed by atoms with van der Waals surface area (Å²) in [7, 11) is -4.12. The predicted octanol–water partition coefficient (Wildman–Crippen LogP) is 5.10. The van der Waals surface area contributed by atoms with Crippen molar-refractivity contribution in [2.45, 2.75) is 70.1 Å². The Bertz CT molecular complexity index is 2030. The van der Waals surface area contributed by atoms with Crippen LogP contribution < -0.4 is 9.47 Å². The van der Waals surface area contributed by atoms with E-state index in [2.05, 4.69) is 21.8 Å². The molecule has 0 unspecified atom stereocenters. The highest BCUT2D eigenvalue weighted by Crippen LogP contribution is 2.44. The van der Waals surface area contributed by atoms with E-state index in [1.165, 1.54) is 42.5 Å². The fourth-order valence-corrected chi connectivity index (χ4v) is 8.07. The van der Waals surface area contributed by atoms with Gasteiger partial charge in [-0.15, -0.1) is 10.2 Å². The first kappa shape index (κ1) is 38.9. The van der Waals surface area contributed by atoms with Gasteiger partial charge in [0.2, 0.25) is 27.6 Å². The molecule has 2 aliphatic heterocycles. The Kier molecular flexibility index (Phi) is 10.9. The Balaban J connectivity index is 1.47. The Labute approximate surface area is 299 Å². The zero-order valence-electron chi connectivity index (χ0n) is 29.5. The number of aliphatic hydroxyl groups excluding tert-OH is 1. The van der Waals surface area contributed by atoms with Gasteiger partial charge in [-0.2, -0.15) is 22.5 Å². The number of halogens is 3. The standard InChI is InChI=1S/C35H42F3N5O8S/c1-21(7-8-22(2)28(33(5,6)32(45)46)25-11-14-43-29(24(25)4)40-41-31(43)35(36,37)38)23(3)19-42-20-34(12-16-49-17-13-34)51-30-26(52(42,47)48)9-10-27(39-30)50-18-15-44/h7-11,14,28,44H,2,12-13,15-20H2,1,3-6H3,(H,45,46)/b8-7-,23-21+/t28-/m0/s1. The molecule has 2 N–H and O–H groups in total. The second kappa shape index (κ2) is 14.6. The van der Waals surface area contributed by atoms with E-state index < -0.39 is 44.9 Å². The maximum absolute atomic E-state index is 14.1. The average molecular weight is 750 g/mol. The number of rotatable bonds is 11. The maximum Gasteiger partial charge on any atom is 0.452 e. The lowest BCUT2D eigenvalue weighted by molar-refractivity contribution is -0.147. The third kappa shape index (κ3) is 7.58. The van der Waals surface area contributed by atoms with Crippen molar-refractivity contribution in [2.24, 2.45) is 5.41 Å². The van der Waals surface area contributed by atoms with E-state index in [-0.39, 0.29) is 48.6 Å². The number of sulfonamides is 1. The fraction of sp³-hybridized carbons (Fsp3) is 0.486. The summed E-state index contributed by atoms with van der Waals surface area (Å²) in [6.45, 7) is 12.8. The van der Waals surface area contributed by atoms with Gasteiger partial charge in [-0.25, -0.2) is 8.42 Å². The summed E-state index contributed by atoms with van der Waals surface area (Å²) in [6, 6.07) is 4.21. The van der Waals surface area contributed by atoms with Gasteiger partial charge < -0.3 is 24.4 Å². The number of aliphatic carboxylic acids is 1. The lowest BCUT2D eigenvalue weighted by atomic mass is 9.70. The van der Waals surface area contributed by atoms with Crippen LogP contribution in [0.4, 0.5) is 13.2 Å². The van der Waals surface area contributed by atoms with Crippen LogP contribution in [-0.4, -0.2) is 93.6 Å². The van der Waals surface area contributed by atoms with Crippen LogP contribution in [0.5, 0.6) is 11.8 Å². The Morgan fingerprint density at radius 1 is 1.15 bits per heavy atom. The van der Waals surface area contributed by atoms with Gasteiger partial charge in [-0.1, -0.05) is 29.9 Å². The topological polar surface area (TPSA) is 166 Å². The summed E-state index contributed by atoms with van der Waals surface area (Å²) in [4.78, 5) is 16.7. The van der Waals surface area contributed by atoms with Crippen LogP contribution >= 0.6 is 0 Å². The predicted molar refractivity (Wildman–Crippen MR) is 183 cm³/mol. The molecule has 0 bridgehead atoms. The number of hydrogen-bond acceptors (Lipinski definition) is 10. The van der Waals surface area contributed by atoms with Gasteiger partial charge in [-0.05, 0) is 63.5 Å². The molecular weight excluding hydrogens is 707 g/mol. The van der Waals surface area contributed by atoms with E-state index in [1.807, 2.05) is 0 Å². The van der Waals surface area contributed by atoms with Gasteiger partial charge in [0.25, 0.3) is 0 Å². The first-order valence-electron chi connectivity index (χ1n) is 16.5. The fourth-order valence-electron chi connectivity index (χ4n) is 6.48. The monoisotopic (exact) mass is 749 g/mol. The molecule has 1 saturated heterocycles. The number of alkyl halides is 3. The van der Waals surface area contributed by atoms with Crippen LogP contribution in [0.3, 0.4) is 0 Å².